The number of ether oxygens (including phenoxy) is 2. The van der Waals surface area contributed by atoms with Crippen LogP contribution < -0.4 is 14.4 Å². The van der Waals surface area contributed by atoms with Gasteiger partial charge in [-0.15, -0.1) is 22.7 Å². The summed E-state index contributed by atoms with van der Waals surface area (Å²) < 4.78 is 11.3. The number of hydrogen-bond donors (Lipinski definition) is 0. The largest absolute Gasteiger partial charge is 0.486 e. The van der Waals surface area contributed by atoms with Crippen molar-refractivity contribution in [2.24, 2.45) is 0 Å². The van der Waals surface area contributed by atoms with E-state index in [1.165, 1.54) is 0 Å². The molecule has 1 amide bonds. The second-order valence-electron chi connectivity index (χ2n) is 6.72. The topological polar surface area (TPSA) is 51.7 Å². The zero-order valence-electron chi connectivity index (χ0n) is 15.9. The van der Waals surface area contributed by atoms with E-state index in [4.69, 9.17) is 9.47 Å². The average Bonchev–Trinajstić information content (AvgIpc) is 3.54. The van der Waals surface area contributed by atoms with Gasteiger partial charge in [0.25, 0.3) is 0 Å². The molecule has 30 heavy (non-hydrogen) atoms. The molecule has 0 spiro atoms. The molecule has 0 fully saturated rings. The Hall–Kier alpha value is -2.68. The maximum absolute atomic E-state index is 13.3. The van der Waals surface area contributed by atoms with Crippen molar-refractivity contribution in [2.75, 3.05) is 18.1 Å². The summed E-state index contributed by atoms with van der Waals surface area (Å²) in [6.45, 7) is 1.57. The highest BCUT2D eigenvalue weighted by molar-refractivity contribution is 7.14. The van der Waals surface area contributed by atoms with E-state index in [0.717, 1.165) is 26.8 Å². The van der Waals surface area contributed by atoms with Crippen LogP contribution in [0.25, 0.3) is 10.6 Å². The number of carbonyl (C=O) groups excluding carboxylic acids is 1. The van der Waals surface area contributed by atoms with Crippen LogP contribution in [0, 0.1) is 0 Å². The molecule has 5 rings (SSSR count). The number of amides is 1. The molecule has 0 saturated carbocycles. The molecule has 0 saturated heterocycles. The fourth-order valence-corrected chi connectivity index (χ4v) is 5.46. The van der Waals surface area contributed by atoms with Gasteiger partial charge in [-0.05, 0) is 35.0 Å². The Kier molecular flexibility index (Phi) is 5.52. The smallest absolute Gasteiger partial charge is 0.233 e. The fraction of sp³-hybridized carbons (Fsp3) is 0.182. The first kappa shape index (κ1) is 19.3. The molecule has 8 heteroatoms. The van der Waals surface area contributed by atoms with Crippen LogP contribution in [0.15, 0.2) is 57.9 Å². The van der Waals surface area contributed by atoms with Crippen molar-refractivity contribution in [3.05, 3.63) is 68.5 Å². The monoisotopic (exact) mass is 454 g/mol. The van der Waals surface area contributed by atoms with Crippen LogP contribution in [-0.4, -0.2) is 24.1 Å². The minimum Gasteiger partial charge on any atom is -0.486 e. The second-order valence-corrected chi connectivity index (χ2v) is 9.39. The van der Waals surface area contributed by atoms with E-state index in [1.54, 1.807) is 38.9 Å². The van der Waals surface area contributed by atoms with E-state index < -0.39 is 0 Å². The molecule has 1 aromatic carbocycles. The Labute approximate surface area is 186 Å². The number of thiazole rings is 1. The van der Waals surface area contributed by atoms with Gasteiger partial charge >= 0.3 is 0 Å². The number of nitrogens with zero attached hydrogens (tertiary/aromatic N) is 2. The molecule has 0 unspecified atom stereocenters. The quantitative estimate of drug-likeness (QED) is 0.387. The van der Waals surface area contributed by atoms with E-state index in [9.17, 15) is 4.79 Å². The maximum Gasteiger partial charge on any atom is 0.233 e. The molecule has 4 heterocycles. The van der Waals surface area contributed by atoms with Gasteiger partial charge in [0.1, 0.15) is 18.2 Å². The van der Waals surface area contributed by atoms with Crippen LogP contribution in [0.1, 0.15) is 10.6 Å². The number of aromatic nitrogens is 1. The van der Waals surface area contributed by atoms with Gasteiger partial charge in [-0.1, -0.05) is 6.07 Å². The van der Waals surface area contributed by atoms with Gasteiger partial charge in [0, 0.05) is 33.0 Å². The fourth-order valence-electron chi connectivity index (χ4n) is 3.24. The molecule has 3 aromatic heterocycles. The molecule has 0 N–H and O–H groups in total. The first-order valence-electron chi connectivity index (χ1n) is 9.45. The van der Waals surface area contributed by atoms with Crippen molar-refractivity contribution in [1.29, 1.82) is 0 Å². The summed E-state index contributed by atoms with van der Waals surface area (Å²) in [5.74, 6) is 1.40. The van der Waals surface area contributed by atoms with Gasteiger partial charge in [0.15, 0.2) is 11.5 Å². The van der Waals surface area contributed by atoms with Gasteiger partial charge < -0.3 is 14.4 Å². The highest BCUT2D eigenvalue weighted by Crippen LogP contribution is 2.35. The van der Waals surface area contributed by atoms with Crippen molar-refractivity contribution in [3.63, 3.8) is 0 Å². The molecule has 0 aliphatic carbocycles. The zero-order chi connectivity index (χ0) is 20.3. The number of anilines is 1. The Morgan fingerprint density at radius 3 is 2.73 bits per heavy atom. The third-order valence-corrected chi connectivity index (χ3v) is 7.17. The number of thiophene rings is 2. The summed E-state index contributed by atoms with van der Waals surface area (Å²) in [6, 6.07) is 11.8. The van der Waals surface area contributed by atoms with Crippen LogP contribution in [0.3, 0.4) is 0 Å². The van der Waals surface area contributed by atoms with Crippen molar-refractivity contribution < 1.29 is 14.3 Å². The number of carbonyl (C=O) groups is 1. The molecular formula is C22H18N2O3S3. The van der Waals surface area contributed by atoms with Crippen LogP contribution in [0.2, 0.25) is 0 Å². The highest BCUT2D eigenvalue weighted by Gasteiger charge is 2.21. The van der Waals surface area contributed by atoms with Gasteiger partial charge in [0.05, 0.1) is 18.7 Å². The van der Waals surface area contributed by atoms with Gasteiger partial charge in [-0.25, -0.2) is 4.98 Å². The van der Waals surface area contributed by atoms with E-state index in [1.807, 2.05) is 52.5 Å². The third-order valence-electron chi connectivity index (χ3n) is 4.68. The van der Waals surface area contributed by atoms with E-state index in [-0.39, 0.29) is 12.3 Å². The van der Waals surface area contributed by atoms with Crippen LogP contribution >= 0.6 is 34.0 Å². The van der Waals surface area contributed by atoms with Gasteiger partial charge in [0.2, 0.25) is 5.91 Å². The van der Waals surface area contributed by atoms with Gasteiger partial charge in [-0.3, -0.25) is 4.79 Å². The molecular weight excluding hydrogens is 436 g/mol. The zero-order valence-corrected chi connectivity index (χ0v) is 18.4. The molecule has 1 aliphatic heterocycles. The average molecular weight is 455 g/mol. The van der Waals surface area contributed by atoms with Crippen molar-refractivity contribution in [2.45, 2.75) is 13.0 Å². The summed E-state index contributed by atoms with van der Waals surface area (Å²) in [6.07, 6.45) is 0.250. The van der Waals surface area contributed by atoms with E-state index in [2.05, 4.69) is 10.4 Å². The number of hydrogen-bond acceptors (Lipinski definition) is 7. The Bertz CT molecular complexity index is 1140. The lowest BCUT2D eigenvalue weighted by atomic mass is 10.2. The molecule has 0 atom stereocenters. The van der Waals surface area contributed by atoms with Crippen molar-refractivity contribution >= 4 is 45.6 Å². The van der Waals surface area contributed by atoms with E-state index >= 15 is 0 Å². The summed E-state index contributed by atoms with van der Waals surface area (Å²) in [5.41, 5.74) is 2.69. The second kappa shape index (κ2) is 8.59. The summed E-state index contributed by atoms with van der Waals surface area (Å²) >= 11 is 4.85. The summed E-state index contributed by atoms with van der Waals surface area (Å²) in [7, 11) is 0. The Balaban J connectivity index is 1.41. The standard InChI is InChI=1S/C22H18N2O3S3/c25-21(10-16-14-30-22(23-16)15-5-9-28-13-15)24(12-18-2-1-8-29-18)17-3-4-19-20(11-17)27-7-6-26-19/h1-5,8-9,11,13-14H,6-7,10,12H2. The predicted molar refractivity (Wildman–Crippen MR) is 122 cm³/mol. The first-order chi connectivity index (χ1) is 14.8. The lowest BCUT2D eigenvalue weighted by Crippen LogP contribution is -2.31. The van der Waals surface area contributed by atoms with Gasteiger partial charge in [-0.2, -0.15) is 11.3 Å². The summed E-state index contributed by atoms with van der Waals surface area (Å²) in [5, 5.41) is 9.05. The maximum atomic E-state index is 13.3. The minimum atomic E-state index is 0.00208. The number of benzene rings is 1. The molecule has 152 valence electrons. The Morgan fingerprint density at radius 1 is 1.03 bits per heavy atom. The minimum absolute atomic E-state index is 0.00208. The lowest BCUT2D eigenvalue weighted by molar-refractivity contribution is -0.118. The van der Waals surface area contributed by atoms with Crippen LogP contribution in [-0.2, 0) is 17.8 Å². The predicted octanol–water partition coefficient (Wildman–Crippen LogP) is 5.48. The summed E-state index contributed by atoms with van der Waals surface area (Å²) in [4.78, 5) is 20.9. The molecule has 4 aromatic rings. The molecule has 0 radical (unpaired) electrons. The molecule has 5 nitrogen and oxygen atoms in total. The first-order valence-corrected chi connectivity index (χ1v) is 12.2. The number of rotatable bonds is 6. The SMILES string of the molecule is O=C(Cc1csc(-c2ccsc2)n1)N(Cc1cccs1)c1ccc2c(c1)OCCO2. The van der Waals surface area contributed by atoms with Crippen molar-refractivity contribution in [1.82, 2.24) is 4.98 Å². The normalized spacial score (nSPS) is 12.7. The number of fused-ring (bicyclic) bond motifs is 1. The third kappa shape index (κ3) is 4.12. The Morgan fingerprint density at radius 2 is 1.93 bits per heavy atom. The highest BCUT2D eigenvalue weighted by atomic mass is 32.1. The van der Waals surface area contributed by atoms with E-state index in [0.29, 0.717) is 31.3 Å². The van der Waals surface area contributed by atoms with Crippen LogP contribution in [0.5, 0.6) is 11.5 Å². The molecule has 0 bridgehead atoms. The molecule has 1 aliphatic rings. The van der Waals surface area contributed by atoms with Crippen LogP contribution in [0.4, 0.5) is 5.69 Å². The van der Waals surface area contributed by atoms with Crippen molar-refractivity contribution in [3.8, 4) is 22.1 Å². The lowest BCUT2D eigenvalue weighted by Gasteiger charge is -2.25.